The molecule has 0 aliphatic heterocycles. The first kappa shape index (κ1) is 54.4. The first-order chi connectivity index (χ1) is 29.7. The average molecular weight is 865 g/mol. The zero-order valence-corrected chi connectivity index (χ0v) is 40.2. The first-order valence-electron chi connectivity index (χ1n) is 23.7. The van der Waals surface area contributed by atoms with E-state index in [0.29, 0.717) is 25.9 Å². The van der Waals surface area contributed by atoms with Crippen molar-refractivity contribution in [2.45, 2.75) is 158 Å². The van der Waals surface area contributed by atoms with Gasteiger partial charge in [0.05, 0.1) is 24.7 Å². The van der Waals surface area contributed by atoms with Gasteiger partial charge in [-0.2, -0.15) is 0 Å². The molecule has 0 radical (unpaired) electrons. The van der Waals surface area contributed by atoms with Gasteiger partial charge in [-0.25, -0.2) is 0 Å². The summed E-state index contributed by atoms with van der Waals surface area (Å²) >= 11 is 0. The molecule has 0 spiro atoms. The molecule has 350 valence electrons. The number of hydrogen-bond acceptors (Lipinski definition) is 10. The van der Waals surface area contributed by atoms with Crippen molar-refractivity contribution in [1.29, 1.82) is 0 Å². The highest BCUT2D eigenvalue weighted by Crippen LogP contribution is 2.29. The van der Waals surface area contributed by atoms with Crippen LogP contribution in [-0.2, 0) is 38.1 Å². The molecule has 0 N–H and O–H groups in total. The number of nitrogens with zero attached hydrogens (tertiary/aromatic N) is 2. The van der Waals surface area contributed by atoms with E-state index in [-0.39, 0.29) is 75.0 Å². The summed E-state index contributed by atoms with van der Waals surface area (Å²) in [4.78, 5) is 54.9. The lowest BCUT2D eigenvalue weighted by Gasteiger charge is -2.23. The van der Waals surface area contributed by atoms with E-state index in [4.69, 9.17) is 18.9 Å². The number of ether oxygens (including phenoxy) is 4. The Bertz CT molecular complexity index is 1440. The molecule has 0 saturated heterocycles. The largest absolute Gasteiger partial charge is 0.462 e. The Kier molecular flexibility index (Phi) is 28.8. The number of rotatable bonds is 31. The Morgan fingerprint density at radius 1 is 0.581 bits per heavy atom. The molecule has 62 heavy (non-hydrogen) atoms. The van der Waals surface area contributed by atoms with Crippen LogP contribution in [0.15, 0.2) is 69.9 Å². The lowest BCUT2D eigenvalue weighted by molar-refractivity contribution is -0.155. The summed E-state index contributed by atoms with van der Waals surface area (Å²) in [5.74, 6) is -1.50. The summed E-state index contributed by atoms with van der Waals surface area (Å²) in [6.45, 7) is 18.6. The van der Waals surface area contributed by atoms with Crippen molar-refractivity contribution >= 4 is 23.9 Å². The van der Waals surface area contributed by atoms with Crippen LogP contribution >= 0.6 is 0 Å². The van der Waals surface area contributed by atoms with E-state index < -0.39 is 0 Å². The summed E-state index contributed by atoms with van der Waals surface area (Å²) in [5, 5.41) is 0. The van der Waals surface area contributed by atoms with E-state index in [1.165, 1.54) is 33.4 Å². The Morgan fingerprint density at radius 2 is 1.02 bits per heavy atom. The van der Waals surface area contributed by atoms with Gasteiger partial charge in [-0.3, -0.25) is 19.2 Å². The van der Waals surface area contributed by atoms with E-state index in [1.807, 2.05) is 0 Å². The van der Waals surface area contributed by atoms with E-state index in [1.54, 1.807) is 0 Å². The summed E-state index contributed by atoms with van der Waals surface area (Å²) in [5.41, 5.74) is 8.40. The highest BCUT2D eigenvalue weighted by Gasteiger charge is 2.24. The molecular weight excluding hydrogens is 781 g/mol. The number of hydrogen-bond donors (Lipinski definition) is 0. The van der Waals surface area contributed by atoms with E-state index in [2.05, 4.69) is 102 Å². The molecule has 0 aromatic heterocycles. The Hall–Kier alpha value is -3.76. The monoisotopic (exact) mass is 865 g/mol. The fraction of sp³-hybridized carbons (Fsp3) is 0.692. The van der Waals surface area contributed by atoms with Gasteiger partial charge >= 0.3 is 23.9 Å². The number of esters is 4. The SMILES string of the molecule is CCN(C)CCCN(CCC(=O)OCCOC(=O)C1CC=C(CC/C=C(\C)CCC=C(C)C)CC1)CCC(=O)OCCOC(=O)C1CC=C(CC/C=C(\C)CCC=C(C)C)CC1. The van der Waals surface area contributed by atoms with E-state index >= 15 is 0 Å². The second-order valence-corrected chi connectivity index (χ2v) is 17.9. The second-order valence-electron chi connectivity index (χ2n) is 17.9. The molecule has 2 aliphatic rings. The quantitative estimate of drug-likeness (QED) is 0.0289. The molecule has 2 aliphatic carbocycles. The third-order valence-electron chi connectivity index (χ3n) is 11.8. The predicted octanol–water partition coefficient (Wildman–Crippen LogP) is 11.0. The van der Waals surface area contributed by atoms with Crippen LogP contribution in [0.2, 0.25) is 0 Å². The van der Waals surface area contributed by atoms with Gasteiger partial charge in [0.15, 0.2) is 0 Å². The lowest BCUT2D eigenvalue weighted by atomic mass is 9.87. The van der Waals surface area contributed by atoms with Crippen LogP contribution in [0.4, 0.5) is 0 Å². The van der Waals surface area contributed by atoms with Crippen molar-refractivity contribution in [2.75, 3.05) is 66.2 Å². The molecule has 0 heterocycles. The van der Waals surface area contributed by atoms with Crippen molar-refractivity contribution in [3.63, 3.8) is 0 Å². The zero-order chi connectivity index (χ0) is 45.5. The standard InChI is InChI=1S/C52H84N2O8/c1-9-53(8)33-14-34-54(35-31-49(55)59-37-39-61-51(57)47-27-23-45(24-28-47)21-12-19-43(6)17-10-15-41(2)3)36-32-50(56)60-38-40-62-52(58)48-29-25-46(26-30-48)22-13-20-44(7)18-11-16-42(4)5/h15-16,19-20,23,25,47-48H,9-14,17-18,21-22,24,26-40H2,1-8H3/b43-19+,44-20+. The smallest absolute Gasteiger partial charge is 0.309 e. The Balaban J connectivity index is 1.63. The Morgan fingerprint density at radius 3 is 1.40 bits per heavy atom. The van der Waals surface area contributed by atoms with Gasteiger partial charge in [-0.1, -0.05) is 76.8 Å². The maximum absolute atomic E-state index is 12.7. The summed E-state index contributed by atoms with van der Waals surface area (Å²) < 4.78 is 21.7. The molecule has 0 bridgehead atoms. The number of carbonyl (C=O) groups is 4. The van der Waals surface area contributed by atoms with Crippen molar-refractivity contribution in [2.24, 2.45) is 11.8 Å². The van der Waals surface area contributed by atoms with E-state index in [0.717, 1.165) is 103 Å². The van der Waals surface area contributed by atoms with Crippen molar-refractivity contribution < 1.29 is 38.1 Å². The molecular formula is C52H84N2O8. The highest BCUT2D eigenvalue weighted by atomic mass is 16.6. The minimum Gasteiger partial charge on any atom is -0.462 e. The van der Waals surface area contributed by atoms with Crippen LogP contribution in [0.1, 0.15) is 158 Å². The summed E-state index contributed by atoms with van der Waals surface area (Å²) in [7, 11) is 2.06. The van der Waals surface area contributed by atoms with Crippen LogP contribution in [0.25, 0.3) is 0 Å². The third kappa shape index (κ3) is 26.7. The van der Waals surface area contributed by atoms with Gasteiger partial charge in [0.1, 0.15) is 26.4 Å². The highest BCUT2D eigenvalue weighted by molar-refractivity contribution is 5.73. The number of allylic oxidation sites excluding steroid dienone is 12. The van der Waals surface area contributed by atoms with Gasteiger partial charge in [0.2, 0.25) is 0 Å². The number of carbonyl (C=O) groups excluding carboxylic acids is 4. The zero-order valence-electron chi connectivity index (χ0n) is 40.2. The average Bonchev–Trinajstić information content (AvgIpc) is 3.24. The van der Waals surface area contributed by atoms with E-state index in [9.17, 15) is 19.2 Å². The molecule has 0 amide bonds. The second kappa shape index (κ2) is 32.8. The maximum Gasteiger partial charge on any atom is 0.309 e. The van der Waals surface area contributed by atoms with Gasteiger partial charge < -0.3 is 28.7 Å². The minimum absolute atomic E-state index is 0.0173. The first-order valence-corrected chi connectivity index (χ1v) is 23.7. The van der Waals surface area contributed by atoms with Gasteiger partial charge in [-0.15, -0.1) is 0 Å². The Labute approximate surface area is 376 Å². The van der Waals surface area contributed by atoms with Crippen LogP contribution in [-0.4, -0.2) is 99.9 Å². The molecule has 0 fully saturated rings. The van der Waals surface area contributed by atoms with Gasteiger partial charge in [0, 0.05) is 13.1 Å². The normalized spacial score (nSPS) is 16.9. The molecule has 2 rings (SSSR count). The van der Waals surface area contributed by atoms with Crippen molar-refractivity contribution in [3.05, 3.63) is 69.9 Å². The topological polar surface area (TPSA) is 112 Å². The molecule has 2 atom stereocenters. The van der Waals surface area contributed by atoms with Crippen molar-refractivity contribution in [3.8, 4) is 0 Å². The fourth-order valence-corrected chi connectivity index (χ4v) is 7.58. The molecule has 0 aromatic rings. The molecule has 10 nitrogen and oxygen atoms in total. The fourth-order valence-electron chi connectivity index (χ4n) is 7.58. The van der Waals surface area contributed by atoms with Crippen LogP contribution in [0.5, 0.6) is 0 Å². The predicted molar refractivity (Wildman–Crippen MR) is 251 cm³/mol. The summed E-state index contributed by atoms with van der Waals surface area (Å²) in [6, 6.07) is 0. The lowest BCUT2D eigenvalue weighted by Crippen LogP contribution is -2.33. The molecule has 2 unspecified atom stereocenters. The molecule has 10 heteroatoms. The van der Waals surface area contributed by atoms with Gasteiger partial charge in [0.25, 0.3) is 0 Å². The van der Waals surface area contributed by atoms with Crippen molar-refractivity contribution in [1.82, 2.24) is 9.80 Å². The summed E-state index contributed by atoms with van der Waals surface area (Å²) in [6.07, 6.45) is 28.1. The minimum atomic E-state index is -0.370. The maximum atomic E-state index is 12.7. The molecule has 0 saturated carbocycles. The van der Waals surface area contributed by atoms with Crippen LogP contribution in [0, 0.1) is 11.8 Å². The van der Waals surface area contributed by atoms with Crippen LogP contribution < -0.4 is 0 Å². The third-order valence-corrected chi connectivity index (χ3v) is 11.8. The van der Waals surface area contributed by atoms with Crippen LogP contribution in [0.3, 0.4) is 0 Å². The molecule has 0 aromatic carbocycles. The van der Waals surface area contributed by atoms with Gasteiger partial charge in [-0.05, 0) is 165 Å².